The molecule has 0 aliphatic heterocycles. The summed E-state index contributed by atoms with van der Waals surface area (Å²) in [5.41, 5.74) is 6.90. The van der Waals surface area contributed by atoms with Crippen LogP contribution >= 0.6 is 27.5 Å². The molecule has 0 bridgehead atoms. The number of nitrogens with two attached hydrogens (primary N) is 1. The minimum absolute atomic E-state index is 0.0579. The second-order valence-electron chi connectivity index (χ2n) is 4.58. The summed E-state index contributed by atoms with van der Waals surface area (Å²) in [4.78, 5) is 0. The maximum Gasteiger partial charge on any atom is 0.0548 e. The Kier molecular flexibility index (Phi) is 6.60. The summed E-state index contributed by atoms with van der Waals surface area (Å²) in [5, 5.41) is 13.3. The monoisotopic (exact) mass is 334 g/mol. The molecular weight excluding hydrogens is 316 g/mol. The van der Waals surface area contributed by atoms with Crippen molar-refractivity contribution in [3.05, 3.63) is 33.3 Å². The van der Waals surface area contributed by atoms with E-state index in [1.807, 2.05) is 25.1 Å². The fraction of sp³-hybridized carbons (Fsp3) is 0.538. The number of aliphatic hydroxyl groups is 1. The molecule has 0 aliphatic carbocycles. The molecule has 5 heteroatoms. The smallest absolute Gasteiger partial charge is 0.0548 e. The van der Waals surface area contributed by atoms with Gasteiger partial charge in [0.2, 0.25) is 0 Å². The van der Waals surface area contributed by atoms with E-state index in [1.165, 1.54) is 0 Å². The molecular formula is C13H20BrClN2O. The van der Waals surface area contributed by atoms with Crippen molar-refractivity contribution in [2.45, 2.75) is 25.9 Å². The lowest BCUT2D eigenvalue weighted by Crippen LogP contribution is -2.39. The lowest BCUT2D eigenvalue weighted by atomic mass is 10.0. The molecule has 4 N–H and O–H groups in total. The fourth-order valence-electron chi connectivity index (χ4n) is 1.67. The number of nitrogens with one attached hydrogen (secondary N) is 1. The Balaban J connectivity index is 2.79. The number of hydrogen-bond donors (Lipinski definition) is 3. The molecule has 0 saturated heterocycles. The van der Waals surface area contributed by atoms with Gasteiger partial charge in [-0.2, -0.15) is 0 Å². The topological polar surface area (TPSA) is 58.3 Å². The Hall–Kier alpha value is -0.130. The lowest BCUT2D eigenvalue weighted by Gasteiger charge is -2.26. The van der Waals surface area contributed by atoms with Crippen molar-refractivity contribution in [2.75, 3.05) is 13.2 Å². The molecule has 0 radical (unpaired) electrons. The minimum atomic E-state index is 0.0579. The van der Waals surface area contributed by atoms with E-state index in [-0.39, 0.29) is 24.6 Å². The van der Waals surface area contributed by atoms with Gasteiger partial charge in [0.15, 0.2) is 0 Å². The molecule has 1 aromatic rings. The third-order valence-corrected chi connectivity index (χ3v) is 4.40. The van der Waals surface area contributed by atoms with Crippen molar-refractivity contribution in [1.82, 2.24) is 5.32 Å². The normalized spacial score (nSPS) is 16.3. The number of aliphatic hydroxyl groups excluding tert-OH is 1. The van der Waals surface area contributed by atoms with Gasteiger partial charge in [0, 0.05) is 29.7 Å². The van der Waals surface area contributed by atoms with Gasteiger partial charge in [-0.15, -0.1) is 0 Å². The van der Waals surface area contributed by atoms with Gasteiger partial charge in [-0.3, -0.25) is 0 Å². The molecule has 0 fully saturated rings. The summed E-state index contributed by atoms with van der Waals surface area (Å²) in [6, 6.07) is 6.04. The second kappa shape index (κ2) is 7.46. The van der Waals surface area contributed by atoms with Crippen molar-refractivity contribution >= 4 is 27.5 Å². The number of halogens is 2. The van der Waals surface area contributed by atoms with E-state index in [4.69, 9.17) is 22.4 Å². The average molecular weight is 336 g/mol. The molecule has 3 nitrogen and oxygen atoms in total. The van der Waals surface area contributed by atoms with Gasteiger partial charge in [-0.05, 0) is 46.5 Å². The highest BCUT2D eigenvalue weighted by atomic mass is 79.9. The highest BCUT2D eigenvalue weighted by Crippen LogP contribution is 2.26. The number of benzene rings is 1. The van der Waals surface area contributed by atoms with Gasteiger partial charge >= 0.3 is 0 Å². The third-order valence-electron chi connectivity index (χ3n) is 3.19. The summed E-state index contributed by atoms with van der Waals surface area (Å²) >= 11 is 9.39. The van der Waals surface area contributed by atoms with Gasteiger partial charge < -0.3 is 16.2 Å². The molecule has 3 unspecified atom stereocenters. The zero-order valence-electron chi connectivity index (χ0n) is 10.7. The SMILES string of the molecule is CC(CO)C(C)NC(CN)c1ccc(Cl)c(Br)c1. The van der Waals surface area contributed by atoms with Crippen LogP contribution in [0.3, 0.4) is 0 Å². The maximum atomic E-state index is 9.15. The Bertz CT molecular complexity index is 389. The molecule has 0 spiro atoms. The predicted molar refractivity (Wildman–Crippen MR) is 79.8 cm³/mol. The highest BCUT2D eigenvalue weighted by Gasteiger charge is 2.17. The largest absolute Gasteiger partial charge is 0.396 e. The van der Waals surface area contributed by atoms with Crippen molar-refractivity contribution in [3.8, 4) is 0 Å². The van der Waals surface area contributed by atoms with E-state index in [1.54, 1.807) is 0 Å². The van der Waals surface area contributed by atoms with Crippen LogP contribution < -0.4 is 11.1 Å². The molecule has 0 aromatic heterocycles. The highest BCUT2D eigenvalue weighted by molar-refractivity contribution is 9.10. The quantitative estimate of drug-likeness (QED) is 0.749. The molecule has 0 saturated carbocycles. The van der Waals surface area contributed by atoms with Gasteiger partial charge in [0.05, 0.1) is 5.02 Å². The van der Waals surface area contributed by atoms with Crippen molar-refractivity contribution in [2.24, 2.45) is 11.7 Å². The number of hydrogen-bond acceptors (Lipinski definition) is 3. The molecule has 0 amide bonds. The van der Waals surface area contributed by atoms with Crippen LogP contribution in [0, 0.1) is 5.92 Å². The van der Waals surface area contributed by atoms with Crippen molar-refractivity contribution in [3.63, 3.8) is 0 Å². The van der Waals surface area contributed by atoms with Crippen LogP contribution in [-0.4, -0.2) is 24.3 Å². The summed E-state index contributed by atoms with van der Waals surface area (Å²) < 4.78 is 0.866. The van der Waals surface area contributed by atoms with E-state index >= 15 is 0 Å². The Morgan fingerprint density at radius 1 is 1.44 bits per heavy atom. The van der Waals surface area contributed by atoms with Crippen LogP contribution in [0.4, 0.5) is 0 Å². The van der Waals surface area contributed by atoms with Crippen LogP contribution in [0.15, 0.2) is 22.7 Å². The first-order valence-electron chi connectivity index (χ1n) is 6.01. The van der Waals surface area contributed by atoms with E-state index < -0.39 is 0 Å². The van der Waals surface area contributed by atoms with Crippen LogP contribution in [0.5, 0.6) is 0 Å². The Labute approximate surface area is 122 Å². The first kappa shape index (κ1) is 15.9. The Morgan fingerprint density at radius 3 is 2.61 bits per heavy atom. The van der Waals surface area contributed by atoms with Crippen LogP contribution in [0.25, 0.3) is 0 Å². The first-order chi connectivity index (χ1) is 8.49. The lowest BCUT2D eigenvalue weighted by molar-refractivity contribution is 0.201. The van der Waals surface area contributed by atoms with Gasteiger partial charge in [0.25, 0.3) is 0 Å². The molecule has 0 heterocycles. The minimum Gasteiger partial charge on any atom is -0.396 e. The molecule has 18 heavy (non-hydrogen) atoms. The van der Waals surface area contributed by atoms with Crippen molar-refractivity contribution < 1.29 is 5.11 Å². The zero-order chi connectivity index (χ0) is 13.7. The summed E-state index contributed by atoms with van der Waals surface area (Å²) in [6.07, 6.45) is 0. The van der Waals surface area contributed by atoms with Crippen LogP contribution in [0.1, 0.15) is 25.5 Å². The predicted octanol–water partition coefficient (Wildman–Crippen LogP) is 2.71. The van der Waals surface area contributed by atoms with Gasteiger partial charge in [-0.1, -0.05) is 24.6 Å². The Morgan fingerprint density at radius 2 is 2.11 bits per heavy atom. The zero-order valence-corrected chi connectivity index (χ0v) is 13.0. The van der Waals surface area contributed by atoms with Crippen LogP contribution in [-0.2, 0) is 0 Å². The van der Waals surface area contributed by atoms with Gasteiger partial charge in [-0.25, -0.2) is 0 Å². The molecule has 1 rings (SSSR count). The molecule has 102 valence electrons. The molecule has 1 aromatic carbocycles. The summed E-state index contributed by atoms with van der Waals surface area (Å²) in [5.74, 6) is 0.190. The summed E-state index contributed by atoms with van der Waals surface area (Å²) in [7, 11) is 0. The third kappa shape index (κ3) is 4.21. The first-order valence-corrected chi connectivity index (χ1v) is 7.18. The second-order valence-corrected chi connectivity index (χ2v) is 5.84. The number of rotatable bonds is 6. The molecule has 3 atom stereocenters. The fourth-order valence-corrected chi connectivity index (χ4v) is 2.18. The van der Waals surface area contributed by atoms with E-state index in [2.05, 4.69) is 28.2 Å². The van der Waals surface area contributed by atoms with E-state index in [0.717, 1.165) is 10.0 Å². The molecule has 0 aliphatic rings. The van der Waals surface area contributed by atoms with Crippen molar-refractivity contribution in [1.29, 1.82) is 0 Å². The average Bonchev–Trinajstić information content (AvgIpc) is 2.38. The maximum absolute atomic E-state index is 9.15. The summed E-state index contributed by atoms with van der Waals surface area (Å²) in [6.45, 7) is 4.71. The van der Waals surface area contributed by atoms with Crippen LogP contribution in [0.2, 0.25) is 5.02 Å². The standard InChI is InChI=1S/C13H20BrClN2O/c1-8(7-18)9(2)17-13(6-16)10-3-4-12(15)11(14)5-10/h3-5,8-9,13,17-18H,6-7,16H2,1-2H3. The van der Waals surface area contributed by atoms with E-state index in [0.29, 0.717) is 11.6 Å². The van der Waals surface area contributed by atoms with E-state index in [9.17, 15) is 0 Å². The van der Waals surface area contributed by atoms with Gasteiger partial charge in [0.1, 0.15) is 0 Å².